The van der Waals surface area contributed by atoms with Crippen LogP contribution < -0.4 is 5.32 Å². The highest BCUT2D eigenvalue weighted by Crippen LogP contribution is 2.28. The van der Waals surface area contributed by atoms with Crippen LogP contribution in [0.3, 0.4) is 0 Å². The number of pyridine rings is 1. The standard InChI is InChI=1S/C16H12Br2N2/c1-10-6-7-19-16(15(10)18)20-14-5-3-11-8-13(17)4-2-12(11)9-14/h2-9H,1H3,(H,19,20). The Hall–Kier alpha value is -1.39. The van der Waals surface area contributed by atoms with Crippen molar-refractivity contribution in [2.75, 3.05) is 5.32 Å². The number of aromatic nitrogens is 1. The maximum absolute atomic E-state index is 4.36. The highest BCUT2D eigenvalue weighted by molar-refractivity contribution is 9.11. The zero-order chi connectivity index (χ0) is 14.1. The quantitative estimate of drug-likeness (QED) is 0.595. The Balaban J connectivity index is 1.99. The third-order valence-corrected chi connectivity index (χ3v) is 4.64. The van der Waals surface area contributed by atoms with Gasteiger partial charge in [0.15, 0.2) is 0 Å². The van der Waals surface area contributed by atoms with Crippen LogP contribution in [0.1, 0.15) is 5.56 Å². The Labute approximate surface area is 134 Å². The fraction of sp³-hybridized carbons (Fsp3) is 0.0625. The number of rotatable bonds is 2. The lowest BCUT2D eigenvalue weighted by molar-refractivity contribution is 1.25. The van der Waals surface area contributed by atoms with Gasteiger partial charge in [-0.05, 0) is 69.5 Å². The number of fused-ring (bicyclic) bond motifs is 1. The lowest BCUT2D eigenvalue weighted by atomic mass is 10.1. The Morgan fingerprint density at radius 1 is 0.950 bits per heavy atom. The molecule has 0 radical (unpaired) electrons. The van der Waals surface area contributed by atoms with Crippen LogP contribution in [0, 0.1) is 6.92 Å². The average Bonchev–Trinajstić information content (AvgIpc) is 2.44. The molecule has 0 spiro atoms. The predicted molar refractivity (Wildman–Crippen MR) is 91.6 cm³/mol. The zero-order valence-corrected chi connectivity index (χ0v) is 14.0. The number of anilines is 2. The van der Waals surface area contributed by atoms with Gasteiger partial charge in [0.25, 0.3) is 0 Å². The van der Waals surface area contributed by atoms with E-state index in [1.54, 1.807) is 6.20 Å². The van der Waals surface area contributed by atoms with Crippen molar-refractivity contribution in [3.63, 3.8) is 0 Å². The zero-order valence-electron chi connectivity index (χ0n) is 10.8. The molecule has 0 fully saturated rings. The number of nitrogens with zero attached hydrogens (tertiary/aromatic N) is 1. The summed E-state index contributed by atoms with van der Waals surface area (Å²) in [6.07, 6.45) is 1.81. The first-order valence-corrected chi connectivity index (χ1v) is 7.79. The van der Waals surface area contributed by atoms with E-state index in [2.05, 4.69) is 79.4 Å². The number of nitrogens with one attached hydrogen (secondary N) is 1. The number of halogens is 2. The van der Waals surface area contributed by atoms with E-state index in [1.165, 1.54) is 10.8 Å². The van der Waals surface area contributed by atoms with Crippen molar-refractivity contribution < 1.29 is 0 Å². The molecule has 0 amide bonds. The molecule has 0 aliphatic heterocycles. The van der Waals surface area contributed by atoms with Gasteiger partial charge in [0.05, 0.1) is 4.47 Å². The van der Waals surface area contributed by atoms with E-state index in [9.17, 15) is 0 Å². The van der Waals surface area contributed by atoms with E-state index < -0.39 is 0 Å². The molecule has 0 saturated heterocycles. The van der Waals surface area contributed by atoms with Gasteiger partial charge in [-0.3, -0.25) is 0 Å². The van der Waals surface area contributed by atoms with Crippen LogP contribution in [-0.2, 0) is 0 Å². The number of hydrogen-bond acceptors (Lipinski definition) is 2. The smallest absolute Gasteiger partial charge is 0.144 e. The fourth-order valence-corrected chi connectivity index (χ4v) is 2.77. The van der Waals surface area contributed by atoms with Crippen molar-refractivity contribution in [3.8, 4) is 0 Å². The van der Waals surface area contributed by atoms with Gasteiger partial charge < -0.3 is 5.32 Å². The van der Waals surface area contributed by atoms with Crippen molar-refractivity contribution in [2.24, 2.45) is 0 Å². The molecule has 0 bridgehead atoms. The van der Waals surface area contributed by atoms with E-state index in [4.69, 9.17) is 0 Å². The summed E-state index contributed by atoms with van der Waals surface area (Å²) in [6.45, 7) is 2.05. The highest BCUT2D eigenvalue weighted by atomic mass is 79.9. The second-order valence-electron chi connectivity index (χ2n) is 4.62. The molecule has 1 heterocycles. The van der Waals surface area contributed by atoms with Crippen molar-refractivity contribution in [1.29, 1.82) is 0 Å². The van der Waals surface area contributed by atoms with E-state index >= 15 is 0 Å². The first-order valence-electron chi connectivity index (χ1n) is 6.21. The van der Waals surface area contributed by atoms with E-state index in [-0.39, 0.29) is 0 Å². The number of hydrogen-bond donors (Lipinski definition) is 1. The molecule has 4 heteroatoms. The number of aryl methyl sites for hydroxylation is 1. The largest absolute Gasteiger partial charge is 0.339 e. The van der Waals surface area contributed by atoms with Crippen molar-refractivity contribution in [3.05, 3.63) is 63.2 Å². The molecule has 3 rings (SSSR count). The Kier molecular flexibility index (Phi) is 3.76. The molecular weight excluding hydrogens is 380 g/mol. The van der Waals surface area contributed by atoms with Gasteiger partial charge in [-0.15, -0.1) is 0 Å². The Morgan fingerprint density at radius 2 is 1.70 bits per heavy atom. The molecule has 2 aromatic carbocycles. The van der Waals surface area contributed by atoms with Crippen LogP contribution in [0.4, 0.5) is 11.5 Å². The summed E-state index contributed by atoms with van der Waals surface area (Å²) in [5.41, 5.74) is 2.19. The first-order chi connectivity index (χ1) is 9.63. The molecule has 0 aliphatic carbocycles. The Morgan fingerprint density at radius 3 is 2.55 bits per heavy atom. The minimum absolute atomic E-state index is 0.835. The van der Waals surface area contributed by atoms with Crippen molar-refractivity contribution in [2.45, 2.75) is 6.92 Å². The van der Waals surface area contributed by atoms with Gasteiger partial charge >= 0.3 is 0 Å². The topological polar surface area (TPSA) is 24.9 Å². The second kappa shape index (κ2) is 5.54. The van der Waals surface area contributed by atoms with Crippen LogP contribution in [0.2, 0.25) is 0 Å². The van der Waals surface area contributed by atoms with Gasteiger partial charge in [0, 0.05) is 16.4 Å². The first kappa shape index (κ1) is 13.6. The summed E-state index contributed by atoms with van der Waals surface area (Å²) in [4.78, 5) is 4.36. The van der Waals surface area contributed by atoms with Gasteiger partial charge in [-0.25, -0.2) is 4.98 Å². The van der Waals surface area contributed by atoms with Crippen molar-refractivity contribution >= 4 is 54.1 Å². The van der Waals surface area contributed by atoms with E-state index in [0.717, 1.165) is 26.0 Å². The molecule has 2 nitrogen and oxygen atoms in total. The fourth-order valence-electron chi connectivity index (χ4n) is 2.06. The molecule has 1 N–H and O–H groups in total. The minimum Gasteiger partial charge on any atom is -0.339 e. The lowest BCUT2D eigenvalue weighted by Crippen LogP contribution is -1.95. The molecular formula is C16H12Br2N2. The summed E-state index contributed by atoms with van der Waals surface area (Å²) in [5, 5.41) is 5.76. The van der Waals surface area contributed by atoms with Gasteiger partial charge in [0.2, 0.25) is 0 Å². The van der Waals surface area contributed by atoms with Gasteiger partial charge in [0.1, 0.15) is 5.82 Å². The minimum atomic E-state index is 0.835. The highest BCUT2D eigenvalue weighted by Gasteiger charge is 2.05. The molecule has 20 heavy (non-hydrogen) atoms. The molecule has 0 aliphatic rings. The van der Waals surface area contributed by atoms with E-state index in [0.29, 0.717) is 0 Å². The third kappa shape index (κ3) is 2.72. The second-order valence-corrected chi connectivity index (χ2v) is 6.33. The summed E-state index contributed by atoms with van der Waals surface area (Å²) >= 11 is 7.06. The summed E-state index contributed by atoms with van der Waals surface area (Å²) < 4.78 is 2.09. The van der Waals surface area contributed by atoms with E-state index in [1.807, 2.05) is 12.1 Å². The van der Waals surface area contributed by atoms with Crippen molar-refractivity contribution in [1.82, 2.24) is 4.98 Å². The molecule has 0 unspecified atom stereocenters. The van der Waals surface area contributed by atoms with Gasteiger partial charge in [-0.1, -0.05) is 28.1 Å². The van der Waals surface area contributed by atoms with Gasteiger partial charge in [-0.2, -0.15) is 0 Å². The summed E-state index contributed by atoms with van der Waals surface area (Å²) in [6, 6.07) is 14.5. The monoisotopic (exact) mass is 390 g/mol. The molecule has 0 atom stereocenters. The summed E-state index contributed by atoms with van der Waals surface area (Å²) in [5.74, 6) is 0.835. The van der Waals surface area contributed by atoms with Crippen LogP contribution >= 0.6 is 31.9 Å². The maximum Gasteiger partial charge on any atom is 0.144 e. The van der Waals surface area contributed by atoms with Crippen LogP contribution in [0.5, 0.6) is 0 Å². The molecule has 1 aromatic heterocycles. The van der Waals surface area contributed by atoms with Crippen LogP contribution in [0.25, 0.3) is 10.8 Å². The molecule has 3 aromatic rings. The predicted octanol–water partition coefficient (Wildman–Crippen LogP) is 5.81. The number of benzene rings is 2. The lowest BCUT2D eigenvalue weighted by Gasteiger charge is -2.10. The third-order valence-electron chi connectivity index (χ3n) is 3.15. The normalized spacial score (nSPS) is 10.8. The maximum atomic E-state index is 4.36. The summed E-state index contributed by atoms with van der Waals surface area (Å²) in [7, 11) is 0. The molecule has 100 valence electrons. The average molecular weight is 392 g/mol. The van der Waals surface area contributed by atoms with Crippen LogP contribution in [-0.4, -0.2) is 4.98 Å². The molecule has 0 saturated carbocycles. The van der Waals surface area contributed by atoms with Crippen LogP contribution in [0.15, 0.2) is 57.6 Å². The SMILES string of the molecule is Cc1ccnc(Nc2ccc3cc(Br)ccc3c2)c1Br. The Bertz CT molecular complexity index is 785.